The molecule has 0 radical (unpaired) electrons. The first-order valence-corrected chi connectivity index (χ1v) is 6.78. The maximum absolute atomic E-state index is 12.4. The Kier molecular flexibility index (Phi) is 4.83. The van der Waals surface area contributed by atoms with Crippen molar-refractivity contribution >= 4 is 5.69 Å². The van der Waals surface area contributed by atoms with E-state index in [9.17, 15) is 28.1 Å². The number of rotatable bonds is 5. The number of halogens is 3. The van der Waals surface area contributed by atoms with Crippen molar-refractivity contribution in [2.45, 2.75) is 25.6 Å². The molecule has 8 heteroatoms. The molecule has 0 bridgehead atoms. The van der Waals surface area contributed by atoms with Crippen LogP contribution in [0, 0.1) is 10.1 Å². The summed E-state index contributed by atoms with van der Waals surface area (Å²) in [5, 5.41) is 10.7. The SMILES string of the molecule is O=c1ccn(CCCc2ccc(C(F)(F)F)cc2)cc1[N+](=O)[O-]. The molecule has 1 heterocycles. The van der Waals surface area contributed by atoms with E-state index in [2.05, 4.69) is 0 Å². The van der Waals surface area contributed by atoms with Gasteiger partial charge in [0.1, 0.15) is 0 Å². The minimum atomic E-state index is -4.35. The van der Waals surface area contributed by atoms with E-state index < -0.39 is 27.8 Å². The molecule has 0 fully saturated rings. The Morgan fingerprint density at radius 2 is 1.78 bits per heavy atom. The third-order valence-corrected chi connectivity index (χ3v) is 3.32. The molecule has 0 N–H and O–H groups in total. The molecule has 0 unspecified atom stereocenters. The topological polar surface area (TPSA) is 65.1 Å². The summed E-state index contributed by atoms with van der Waals surface area (Å²) < 4.78 is 38.9. The highest BCUT2D eigenvalue weighted by atomic mass is 19.4. The molecule has 0 aliphatic carbocycles. The van der Waals surface area contributed by atoms with E-state index in [0.29, 0.717) is 19.4 Å². The van der Waals surface area contributed by atoms with Crippen LogP contribution >= 0.6 is 0 Å². The predicted octanol–water partition coefficient (Wildman–Crippen LogP) is 3.41. The maximum atomic E-state index is 12.4. The number of nitrogens with zero attached hydrogens (tertiary/aromatic N) is 2. The second-order valence-corrected chi connectivity index (χ2v) is 4.99. The Morgan fingerprint density at radius 3 is 2.35 bits per heavy atom. The largest absolute Gasteiger partial charge is 0.416 e. The van der Waals surface area contributed by atoms with E-state index in [1.54, 1.807) is 0 Å². The van der Waals surface area contributed by atoms with Gasteiger partial charge in [0.05, 0.1) is 16.7 Å². The Hall–Kier alpha value is -2.64. The lowest BCUT2D eigenvalue weighted by atomic mass is 10.1. The van der Waals surface area contributed by atoms with Crippen molar-refractivity contribution in [3.8, 4) is 0 Å². The van der Waals surface area contributed by atoms with E-state index in [0.717, 1.165) is 30.0 Å². The van der Waals surface area contributed by atoms with Gasteiger partial charge in [0.15, 0.2) is 0 Å². The fourth-order valence-electron chi connectivity index (χ4n) is 2.11. The van der Waals surface area contributed by atoms with Crippen molar-refractivity contribution in [3.63, 3.8) is 0 Å². The molecule has 2 rings (SSSR count). The highest BCUT2D eigenvalue weighted by molar-refractivity contribution is 5.26. The summed E-state index contributed by atoms with van der Waals surface area (Å²) in [5.41, 5.74) is -1.11. The monoisotopic (exact) mass is 326 g/mol. The van der Waals surface area contributed by atoms with Crippen molar-refractivity contribution in [2.24, 2.45) is 0 Å². The lowest BCUT2D eigenvalue weighted by molar-refractivity contribution is -0.386. The summed E-state index contributed by atoms with van der Waals surface area (Å²) in [5.74, 6) is 0. The summed E-state index contributed by atoms with van der Waals surface area (Å²) in [6, 6.07) is 6.00. The average Bonchev–Trinajstić information content (AvgIpc) is 2.48. The highest BCUT2D eigenvalue weighted by Gasteiger charge is 2.29. The van der Waals surface area contributed by atoms with Gasteiger partial charge in [-0.25, -0.2) is 0 Å². The van der Waals surface area contributed by atoms with Gasteiger partial charge in [-0.3, -0.25) is 14.9 Å². The highest BCUT2D eigenvalue weighted by Crippen LogP contribution is 2.29. The molecule has 0 saturated carbocycles. The molecule has 0 spiro atoms. The van der Waals surface area contributed by atoms with Crippen LogP contribution in [-0.2, 0) is 19.1 Å². The first kappa shape index (κ1) is 16.7. The molecule has 0 aliphatic heterocycles. The van der Waals surface area contributed by atoms with E-state index in [-0.39, 0.29) is 0 Å². The molecule has 23 heavy (non-hydrogen) atoms. The first-order chi connectivity index (χ1) is 10.8. The van der Waals surface area contributed by atoms with Crippen molar-refractivity contribution in [1.82, 2.24) is 4.57 Å². The molecule has 1 aromatic carbocycles. The minimum Gasteiger partial charge on any atom is -0.348 e. The van der Waals surface area contributed by atoms with Crippen LogP contribution in [0.25, 0.3) is 0 Å². The molecule has 0 aliphatic rings. The number of aryl methyl sites for hydroxylation is 2. The lowest BCUT2D eigenvalue weighted by Gasteiger charge is -2.08. The van der Waals surface area contributed by atoms with Crippen LogP contribution in [0.15, 0.2) is 47.5 Å². The zero-order valence-electron chi connectivity index (χ0n) is 11.9. The van der Waals surface area contributed by atoms with Gasteiger partial charge < -0.3 is 4.57 Å². The second-order valence-electron chi connectivity index (χ2n) is 4.99. The van der Waals surface area contributed by atoms with Crippen molar-refractivity contribution in [3.05, 3.63) is 74.2 Å². The van der Waals surface area contributed by atoms with Gasteiger partial charge in [-0.1, -0.05) is 12.1 Å². The number of nitro groups is 1. The van der Waals surface area contributed by atoms with Crippen LogP contribution in [0.1, 0.15) is 17.5 Å². The van der Waals surface area contributed by atoms with Crippen LogP contribution in [0.4, 0.5) is 18.9 Å². The van der Waals surface area contributed by atoms with Gasteiger partial charge in [0.2, 0.25) is 0 Å². The molecule has 0 amide bonds. The minimum absolute atomic E-state index is 0.419. The van der Waals surface area contributed by atoms with Gasteiger partial charge in [-0.15, -0.1) is 0 Å². The normalized spacial score (nSPS) is 11.4. The average molecular weight is 326 g/mol. The van der Waals surface area contributed by atoms with Gasteiger partial charge in [-0.05, 0) is 30.5 Å². The van der Waals surface area contributed by atoms with Crippen LogP contribution < -0.4 is 5.43 Å². The van der Waals surface area contributed by atoms with Crippen LogP contribution in [0.2, 0.25) is 0 Å². The Labute approximate surface area is 129 Å². The summed E-state index contributed by atoms with van der Waals surface area (Å²) in [6.45, 7) is 0.419. The van der Waals surface area contributed by atoms with Crippen molar-refractivity contribution in [1.29, 1.82) is 0 Å². The number of hydrogen-bond acceptors (Lipinski definition) is 3. The zero-order valence-corrected chi connectivity index (χ0v) is 11.9. The fraction of sp³-hybridized carbons (Fsp3) is 0.267. The quantitative estimate of drug-likeness (QED) is 0.625. The van der Waals surface area contributed by atoms with Gasteiger partial charge in [-0.2, -0.15) is 13.2 Å². The summed E-state index contributed by atoms with van der Waals surface area (Å²) in [6.07, 6.45) is -0.645. The Balaban J connectivity index is 1.96. The zero-order chi connectivity index (χ0) is 17.0. The van der Waals surface area contributed by atoms with Gasteiger partial charge in [0.25, 0.3) is 5.43 Å². The number of pyridine rings is 1. The van der Waals surface area contributed by atoms with E-state index >= 15 is 0 Å². The maximum Gasteiger partial charge on any atom is 0.416 e. The molecule has 1 aromatic heterocycles. The van der Waals surface area contributed by atoms with Crippen LogP contribution in [0.5, 0.6) is 0 Å². The smallest absolute Gasteiger partial charge is 0.348 e. The van der Waals surface area contributed by atoms with E-state index in [1.807, 2.05) is 0 Å². The number of benzene rings is 1. The van der Waals surface area contributed by atoms with Gasteiger partial charge >= 0.3 is 11.9 Å². The molecule has 2 aromatic rings. The van der Waals surface area contributed by atoms with Crippen molar-refractivity contribution in [2.75, 3.05) is 0 Å². The van der Waals surface area contributed by atoms with Crippen LogP contribution in [0.3, 0.4) is 0 Å². The molecule has 0 saturated heterocycles. The fourth-order valence-corrected chi connectivity index (χ4v) is 2.11. The standard InChI is InChI=1S/C15H13F3N2O3/c16-15(17,18)12-5-3-11(4-6-12)2-1-8-19-9-7-14(21)13(10-19)20(22)23/h3-7,9-10H,1-2,8H2. The first-order valence-electron chi connectivity index (χ1n) is 6.78. The van der Waals surface area contributed by atoms with Gasteiger partial charge in [0, 0.05) is 18.8 Å². The summed E-state index contributed by atoms with van der Waals surface area (Å²) in [4.78, 5) is 21.2. The molecule has 0 atom stereocenters. The van der Waals surface area contributed by atoms with E-state index in [4.69, 9.17) is 0 Å². The lowest BCUT2D eigenvalue weighted by Crippen LogP contribution is -2.11. The predicted molar refractivity (Wildman–Crippen MR) is 77.1 cm³/mol. The molecular weight excluding hydrogens is 313 g/mol. The summed E-state index contributed by atoms with van der Waals surface area (Å²) >= 11 is 0. The van der Waals surface area contributed by atoms with Crippen LogP contribution in [-0.4, -0.2) is 9.49 Å². The molecule has 5 nitrogen and oxygen atoms in total. The second kappa shape index (κ2) is 6.64. The number of aromatic nitrogens is 1. The third kappa shape index (κ3) is 4.41. The number of alkyl halides is 3. The third-order valence-electron chi connectivity index (χ3n) is 3.32. The Morgan fingerprint density at radius 1 is 1.13 bits per heavy atom. The molecule has 122 valence electrons. The van der Waals surface area contributed by atoms with Crippen molar-refractivity contribution < 1.29 is 18.1 Å². The Bertz CT molecular complexity index is 752. The van der Waals surface area contributed by atoms with E-state index in [1.165, 1.54) is 22.9 Å². The molecular formula is C15H13F3N2O3. The summed E-state index contributed by atoms with van der Waals surface area (Å²) in [7, 11) is 0. The number of hydrogen-bond donors (Lipinski definition) is 0.